The third kappa shape index (κ3) is 3.34. The monoisotopic (exact) mass is 362 g/mol. The molecule has 0 bridgehead atoms. The van der Waals surface area contributed by atoms with Crippen LogP contribution in [0, 0.1) is 12.7 Å². The van der Waals surface area contributed by atoms with Gasteiger partial charge in [0.05, 0.1) is 15.7 Å². The summed E-state index contributed by atoms with van der Waals surface area (Å²) >= 11 is 10.7. The molecule has 0 aliphatic heterocycles. The Labute approximate surface area is 129 Å². The van der Waals surface area contributed by atoms with Crippen LogP contribution in [-0.4, -0.2) is 12.0 Å². The van der Waals surface area contributed by atoms with Gasteiger partial charge in [-0.2, -0.15) is 0 Å². The predicted octanol–water partition coefficient (Wildman–Crippen LogP) is 4.51. The first-order valence-electron chi connectivity index (χ1n) is 5.74. The maximum Gasteiger partial charge on any atom is 0.147 e. The Kier molecular flexibility index (Phi) is 4.95. The minimum absolute atomic E-state index is 0.118. The van der Waals surface area contributed by atoms with Gasteiger partial charge in [-0.15, -0.1) is 11.3 Å². The molecule has 2 rings (SSSR count). The maximum absolute atomic E-state index is 14.2. The molecule has 102 valence electrons. The van der Waals surface area contributed by atoms with Gasteiger partial charge in [0, 0.05) is 27.9 Å². The van der Waals surface area contributed by atoms with E-state index in [2.05, 4.69) is 26.2 Å². The number of aryl methyl sites for hydroxylation is 1. The van der Waals surface area contributed by atoms with Gasteiger partial charge in [0.2, 0.25) is 0 Å². The largest absolute Gasteiger partial charge is 0.313 e. The summed E-state index contributed by atoms with van der Waals surface area (Å²) in [5, 5.41) is 6.24. The van der Waals surface area contributed by atoms with E-state index in [0.717, 1.165) is 10.7 Å². The Balaban J connectivity index is 2.29. The van der Waals surface area contributed by atoms with Gasteiger partial charge in [0.15, 0.2) is 0 Å². The molecule has 19 heavy (non-hydrogen) atoms. The van der Waals surface area contributed by atoms with Gasteiger partial charge in [0.25, 0.3) is 0 Å². The Bertz CT molecular complexity index is 588. The molecule has 2 nitrogen and oxygen atoms in total. The van der Waals surface area contributed by atoms with Crippen LogP contribution >= 0.6 is 38.9 Å². The summed E-state index contributed by atoms with van der Waals surface area (Å²) in [6.07, 6.45) is 0.635. The highest BCUT2D eigenvalue weighted by atomic mass is 79.9. The highest BCUT2D eigenvalue weighted by molar-refractivity contribution is 9.10. The third-order valence-electron chi connectivity index (χ3n) is 2.87. The smallest absolute Gasteiger partial charge is 0.147 e. The third-order valence-corrected chi connectivity index (χ3v) is 4.95. The van der Waals surface area contributed by atoms with Crippen LogP contribution in [0.4, 0.5) is 4.39 Å². The van der Waals surface area contributed by atoms with Crippen LogP contribution in [0.5, 0.6) is 0 Å². The zero-order valence-electron chi connectivity index (χ0n) is 10.5. The molecule has 1 aromatic heterocycles. The van der Waals surface area contributed by atoms with Gasteiger partial charge in [-0.1, -0.05) is 17.7 Å². The lowest BCUT2D eigenvalue weighted by molar-refractivity contribution is 0.530. The number of thiazole rings is 1. The molecule has 0 spiro atoms. The maximum atomic E-state index is 14.2. The van der Waals surface area contributed by atoms with Crippen molar-refractivity contribution in [3.8, 4) is 0 Å². The van der Waals surface area contributed by atoms with Crippen molar-refractivity contribution in [2.75, 3.05) is 7.05 Å². The van der Waals surface area contributed by atoms with Crippen LogP contribution in [0.1, 0.15) is 22.3 Å². The van der Waals surface area contributed by atoms with Crippen molar-refractivity contribution >= 4 is 38.9 Å². The van der Waals surface area contributed by atoms with Crippen molar-refractivity contribution in [1.82, 2.24) is 10.3 Å². The SMILES string of the molecule is CNC(Cc1csc(C)n1)c1ccc(Br)c(Cl)c1F. The van der Waals surface area contributed by atoms with Crippen molar-refractivity contribution < 1.29 is 4.39 Å². The fourth-order valence-electron chi connectivity index (χ4n) is 1.89. The molecule has 0 amide bonds. The van der Waals surface area contributed by atoms with E-state index in [1.807, 2.05) is 12.3 Å². The summed E-state index contributed by atoms with van der Waals surface area (Å²) in [5.74, 6) is -0.387. The van der Waals surface area contributed by atoms with E-state index in [4.69, 9.17) is 11.6 Å². The molecular formula is C13H13BrClFN2S. The van der Waals surface area contributed by atoms with E-state index in [0.29, 0.717) is 16.5 Å². The predicted molar refractivity (Wildman–Crippen MR) is 81.5 cm³/mol. The van der Waals surface area contributed by atoms with Gasteiger partial charge in [0.1, 0.15) is 5.82 Å². The molecular weight excluding hydrogens is 351 g/mol. The van der Waals surface area contributed by atoms with Gasteiger partial charge in [-0.05, 0) is 36.0 Å². The second kappa shape index (κ2) is 6.31. The van der Waals surface area contributed by atoms with E-state index in [9.17, 15) is 4.39 Å². The second-order valence-electron chi connectivity index (χ2n) is 4.17. The Hall–Kier alpha value is -0.490. The molecule has 0 fully saturated rings. The molecule has 0 aliphatic rings. The zero-order valence-corrected chi connectivity index (χ0v) is 13.7. The van der Waals surface area contributed by atoms with Crippen molar-refractivity contribution in [2.45, 2.75) is 19.4 Å². The summed E-state index contributed by atoms with van der Waals surface area (Å²) in [6.45, 7) is 1.96. The van der Waals surface area contributed by atoms with Crippen molar-refractivity contribution in [2.24, 2.45) is 0 Å². The van der Waals surface area contributed by atoms with E-state index < -0.39 is 0 Å². The van der Waals surface area contributed by atoms with E-state index in [1.165, 1.54) is 0 Å². The topological polar surface area (TPSA) is 24.9 Å². The summed E-state index contributed by atoms with van der Waals surface area (Å²) in [6, 6.07) is 3.36. The molecule has 1 atom stereocenters. The lowest BCUT2D eigenvalue weighted by Crippen LogP contribution is -2.20. The van der Waals surface area contributed by atoms with Gasteiger partial charge in [-0.25, -0.2) is 9.37 Å². The quantitative estimate of drug-likeness (QED) is 0.808. The summed E-state index contributed by atoms with van der Waals surface area (Å²) in [7, 11) is 1.80. The van der Waals surface area contributed by atoms with Crippen molar-refractivity contribution in [3.05, 3.63) is 49.1 Å². The molecule has 0 radical (unpaired) electrons. The Morgan fingerprint density at radius 1 is 1.53 bits per heavy atom. The minimum Gasteiger partial charge on any atom is -0.313 e. The van der Waals surface area contributed by atoms with Crippen LogP contribution in [0.25, 0.3) is 0 Å². The van der Waals surface area contributed by atoms with Gasteiger partial charge < -0.3 is 5.32 Å². The van der Waals surface area contributed by atoms with E-state index in [-0.39, 0.29) is 16.9 Å². The number of halogens is 3. The Morgan fingerprint density at radius 2 is 2.26 bits per heavy atom. The molecule has 0 saturated heterocycles. The fourth-order valence-corrected chi connectivity index (χ4v) is 2.99. The summed E-state index contributed by atoms with van der Waals surface area (Å²) in [5.41, 5.74) is 1.52. The summed E-state index contributed by atoms with van der Waals surface area (Å²) < 4.78 is 14.8. The molecule has 2 aromatic rings. The fraction of sp³-hybridized carbons (Fsp3) is 0.308. The average molecular weight is 364 g/mol. The molecule has 1 N–H and O–H groups in total. The Morgan fingerprint density at radius 3 is 2.84 bits per heavy atom. The highest BCUT2D eigenvalue weighted by Crippen LogP contribution is 2.31. The number of nitrogens with zero attached hydrogens (tertiary/aromatic N) is 1. The first-order valence-corrected chi connectivity index (χ1v) is 7.79. The van der Waals surface area contributed by atoms with Gasteiger partial charge in [-0.3, -0.25) is 0 Å². The molecule has 0 aliphatic carbocycles. The van der Waals surface area contributed by atoms with Crippen molar-refractivity contribution in [3.63, 3.8) is 0 Å². The first-order chi connectivity index (χ1) is 9.02. The number of hydrogen-bond donors (Lipinski definition) is 1. The lowest BCUT2D eigenvalue weighted by atomic mass is 10.0. The van der Waals surface area contributed by atoms with Crippen LogP contribution in [0.15, 0.2) is 22.0 Å². The minimum atomic E-state index is -0.387. The number of benzene rings is 1. The molecule has 1 unspecified atom stereocenters. The molecule has 1 aromatic carbocycles. The average Bonchev–Trinajstić information content (AvgIpc) is 2.80. The van der Waals surface area contributed by atoms with E-state index >= 15 is 0 Å². The van der Waals surface area contributed by atoms with Crippen LogP contribution in [0.3, 0.4) is 0 Å². The van der Waals surface area contributed by atoms with Crippen molar-refractivity contribution in [1.29, 1.82) is 0 Å². The lowest BCUT2D eigenvalue weighted by Gasteiger charge is -2.17. The number of aromatic nitrogens is 1. The normalized spacial score (nSPS) is 12.7. The number of hydrogen-bond acceptors (Lipinski definition) is 3. The van der Waals surface area contributed by atoms with Gasteiger partial charge >= 0.3 is 0 Å². The standard InChI is InChI=1S/C13H13BrClFN2S/c1-7-18-8(6-19-7)5-11(17-2)9-3-4-10(14)12(15)13(9)16/h3-4,6,11,17H,5H2,1-2H3. The summed E-state index contributed by atoms with van der Waals surface area (Å²) in [4.78, 5) is 4.41. The number of nitrogens with one attached hydrogen (secondary N) is 1. The second-order valence-corrected chi connectivity index (χ2v) is 6.46. The number of rotatable bonds is 4. The van der Waals surface area contributed by atoms with Crippen LogP contribution in [0.2, 0.25) is 5.02 Å². The number of likely N-dealkylation sites (N-methyl/N-ethyl adjacent to an activating group) is 1. The first kappa shape index (κ1) is 14.9. The molecule has 1 heterocycles. The zero-order chi connectivity index (χ0) is 14.0. The molecule has 0 saturated carbocycles. The van der Waals surface area contributed by atoms with Crippen LogP contribution in [-0.2, 0) is 6.42 Å². The molecule has 6 heteroatoms. The highest BCUT2D eigenvalue weighted by Gasteiger charge is 2.19. The van der Waals surface area contributed by atoms with E-state index in [1.54, 1.807) is 30.5 Å². The van der Waals surface area contributed by atoms with Crippen LogP contribution < -0.4 is 5.32 Å².